The predicted octanol–water partition coefficient (Wildman–Crippen LogP) is -0.134. The van der Waals surface area contributed by atoms with Crippen LogP contribution in [0.5, 0.6) is 0 Å². The minimum atomic E-state index is -2.74. The third-order valence-corrected chi connectivity index (χ3v) is 2.88. The van der Waals surface area contributed by atoms with Crippen molar-refractivity contribution in [3.8, 4) is 0 Å². The summed E-state index contributed by atoms with van der Waals surface area (Å²) in [5.41, 5.74) is 0. The van der Waals surface area contributed by atoms with Gasteiger partial charge in [0, 0.05) is 19.2 Å². The molecule has 7 heteroatoms. The molecule has 76 valence electrons. The van der Waals surface area contributed by atoms with Crippen LogP contribution in [0.4, 0.5) is 0 Å². The minimum absolute atomic E-state index is 0.0919. The van der Waals surface area contributed by atoms with Crippen molar-refractivity contribution < 1.29 is 14.0 Å². The van der Waals surface area contributed by atoms with Crippen molar-refractivity contribution in [3.63, 3.8) is 0 Å². The zero-order valence-corrected chi connectivity index (χ0v) is 9.37. The van der Waals surface area contributed by atoms with E-state index >= 15 is 0 Å². The van der Waals surface area contributed by atoms with Crippen molar-refractivity contribution in [2.24, 2.45) is 0 Å². The highest BCUT2D eigenvalue weighted by Gasteiger charge is 2.34. The average molecular weight is 213 g/mol. The minimum Gasteiger partial charge on any atom is -0.382 e. The molecule has 0 bridgehead atoms. The van der Waals surface area contributed by atoms with Crippen LogP contribution >= 0.6 is 7.17 Å². The smallest absolute Gasteiger partial charge is 0.184 e. The SMILES string of the molecule is [B][C@H]1CC(NP([B])(C)=O)[C@@H](COC)O1. The Morgan fingerprint density at radius 1 is 1.71 bits per heavy atom. The molecule has 4 nitrogen and oxygen atoms in total. The van der Waals surface area contributed by atoms with Crippen LogP contribution in [0, 0.1) is 0 Å². The molecule has 4 atom stereocenters. The van der Waals surface area contributed by atoms with Crippen molar-refractivity contribution in [1.82, 2.24) is 5.09 Å². The standard InChI is InChI=1S/C7H14B2NO3P/c1-12-4-6-5(3-7(8)13-6)10-14(2,9)11/h5-7H,3-4H2,1-2H3,(H,10,11)/t5?,6-,7-,14?/m1/s1. The fourth-order valence-electron chi connectivity index (χ4n) is 1.56. The molecule has 0 aliphatic carbocycles. The molecule has 1 saturated heterocycles. The van der Waals surface area contributed by atoms with Crippen molar-refractivity contribution in [2.45, 2.75) is 24.6 Å². The van der Waals surface area contributed by atoms with Gasteiger partial charge in [0.2, 0.25) is 0 Å². The first kappa shape index (κ1) is 12.3. The second kappa shape index (κ2) is 4.84. The Hall–Kier alpha value is 0.240. The molecule has 0 amide bonds. The lowest BCUT2D eigenvalue weighted by Crippen LogP contribution is -2.36. The topological polar surface area (TPSA) is 47.6 Å². The van der Waals surface area contributed by atoms with Gasteiger partial charge in [-0.2, -0.15) is 0 Å². The van der Waals surface area contributed by atoms with Gasteiger partial charge in [-0.05, 0) is 13.1 Å². The quantitative estimate of drug-likeness (QED) is 0.521. The summed E-state index contributed by atoms with van der Waals surface area (Å²) >= 11 is 0. The molecule has 0 saturated carbocycles. The van der Waals surface area contributed by atoms with E-state index in [0.29, 0.717) is 13.0 Å². The lowest BCUT2D eigenvalue weighted by Gasteiger charge is -2.21. The second-order valence-corrected chi connectivity index (χ2v) is 5.87. The van der Waals surface area contributed by atoms with Crippen LogP contribution < -0.4 is 5.09 Å². The van der Waals surface area contributed by atoms with E-state index in [1.807, 2.05) is 0 Å². The number of rotatable bonds is 4. The monoisotopic (exact) mass is 213 g/mol. The number of hydrogen-bond acceptors (Lipinski definition) is 3. The highest BCUT2D eigenvalue weighted by atomic mass is 31.2. The van der Waals surface area contributed by atoms with Crippen molar-refractivity contribution >= 4 is 22.6 Å². The highest BCUT2D eigenvalue weighted by molar-refractivity contribution is 7.85. The lowest BCUT2D eigenvalue weighted by atomic mass is 9.95. The van der Waals surface area contributed by atoms with Gasteiger partial charge in [0.1, 0.15) is 7.85 Å². The molecule has 4 radical (unpaired) electrons. The van der Waals surface area contributed by atoms with Gasteiger partial charge >= 0.3 is 0 Å². The molecule has 0 aromatic rings. The first-order valence-corrected chi connectivity index (χ1v) is 6.68. The third-order valence-electron chi connectivity index (χ3n) is 2.04. The van der Waals surface area contributed by atoms with Gasteiger partial charge in [-0.1, -0.05) is 0 Å². The highest BCUT2D eigenvalue weighted by Crippen LogP contribution is 2.33. The van der Waals surface area contributed by atoms with E-state index in [0.717, 1.165) is 0 Å². The third kappa shape index (κ3) is 3.77. The number of methoxy groups -OCH3 is 1. The molecule has 1 fully saturated rings. The number of nitrogens with one attached hydrogen (secondary N) is 1. The zero-order chi connectivity index (χ0) is 10.8. The molecular weight excluding hydrogens is 199 g/mol. The molecule has 2 unspecified atom stereocenters. The maximum absolute atomic E-state index is 11.4. The van der Waals surface area contributed by atoms with E-state index in [1.54, 1.807) is 7.11 Å². The Balaban J connectivity index is 2.53. The normalized spacial score (nSPS) is 36.9. The molecular formula is C7H14B2NO3P. The number of hydrogen-bond donors (Lipinski definition) is 1. The van der Waals surface area contributed by atoms with Crippen LogP contribution in [0.1, 0.15) is 6.42 Å². The molecule has 0 spiro atoms. The van der Waals surface area contributed by atoms with E-state index in [4.69, 9.17) is 24.9 Å². The van der Waals surface area contributed by atoms with Gasteiger partial charge in [0.05, 0.1) is 19.9 Å². The van der Waals surface area contributed by atoms with Gasteiger partial charge in [-0.3, -0.25) is 5.09 Å². The Kier molecular flexibility index (Phi) is 4.26. The first-order chi connectivity index (χ1) is 6.42. The molecule has 1 N–H and O–H groups in total. The fraction of sp³-hybridized carbons (Fsp3) is 1.00. The number of ether oxygens (including phenoxy) is 2. The molecule has 14 heavy (non-hydrogen) atoms. The Morgan fingerprint density at radius 2 is 2.36 bits per heavy atom. The van der Waals surface area contributed by atoms with Crippen LogP contribution in [0.2, 0.25) is 0 Å². The average Bonchev–Trinajstić information content (AvgIpc) is 2.28. The molecule has 0 aromatic carbocycles. The molecule has 1 aliphatic rings. The van der Waals surface area contributed by atoms with Crippen molar-refractivity contribution in [1.29, 1.82) is 0 Å². The summed E-state index contributed by atoms with van der Waals surface area (Å²) in [6.45, 7) is 1.89. The fourth-order valence-corrected chi connectivity index (χ4v) is 2.49. The first-order valence-electron chi connectivity index (χ1n) is 4.46. The summed E-state index contributed by atoms with van der Waals surface area (Å²) in [7, 11) is 9.88. The van der Waals surface area contributed by atoms with Crippen LogP contribution in [-0.2, 0) is 14.0 Å². The van der Waals surface area contributed by atoms with E-state index in [9.17, 15) is 4.57 Å². The van der Waals surface area contributed by atoms with Crippen molar-refractivity contribution in [2.75, 3.05) is 20.4 Å². The molecule has 1 rings (SSSR count). The van der Waals surface area contributed by atoms with Gasteiger partial charge in [-0.15, -0.1) is 0 Å². The van der Waals surface area contributed by atoms with Gasteiger partial charge in [0.25, 0.3) is 0 Å². The summed E-state index contributed by atoms with van der Waals surface area (Å²) in [6, 6.07) is -0.426. The summed E-state index contributed by atoms with van der Waals surface area (Å²) in [6.07, 6.45) is 0.426. The zero-order valence-electron chi connectivity index (χ0n) is 8.47. The molecule has 1 heterocycles. The molecule has 0 aromatic heterocycles. The maximum Gasteiger partial charge on any atom is 0.184 e. The maximum atomic E-state index is 11.4. The molecule has 1 aliphatic heterocycles. The largest absolute Gasteiger partial charge is 0.382 e. The second-order valence-electron chi connectivity index (χ2n) is 3.63. The van der Waals surface area contributed by atoms with Crippen molar-refractivity contribution in [3.05, 3.63) is 0 Å². The predicted molar refractivity (Wildman–Crippen MR) is 57.1 cm³/mol. The van der Waals surface area contributed by atoms with Gasteiger partial charge < -0.3 is 14.0 Å². The van der Waals surface area contributed by atoms with E-state index in [1.165, 1.54) is 6.66 Å². The summed E-state index contributed by atoms with van der Waals surface area (Å²) < 4.78 is 21.7. The van der Waals surface area contributed by atoms with E-state index in [-0.39, 0.29) is 18.1 Å². The van der Waals surface area contributed by atoms with Crippen LogP contribution in [-0.4, -0.2) is 53.9 Å². The summed E-state index contributed by atoms with van der Waals surface area (Å²) in [5, 5.41) is 2.83. The Morgan fingerprint density at radius 3 is 2.86 bits per heavy atom. The van der Waals surface area contributed by atoms with Gasteiger partial charge in [0.15, 0.2) is 7.57 Å². The van der Waals surface area contributed by atoms with Gasteiger partial charge in [-0.25, -0.2) is 0 Å². The summed E-state index contributed by atoms with van der Waals surface area (Å²) in [4.78, 5) is 0. The lowest BCUT2D eigenvalue weighted by molar-refractivity contribution is 0.0184. The summed E-state index contributed by atoms with van der Waals surface area (Å²) in [5.74, 6) is 0. The van der Waals surface area contributed by atoms with Crippen LogP contribution in [0.3, 0.4) is 0 Å². The Labute approximate surface area is 87.3 Å². The van der Waals surface area contributed by atoms with E-state index < -0.39 is 7.17 Å². The van der Waals surface area contributed by atoms with Crippen LogP contribution in [0.15, 0.2) is 0 Å². The van der Waals surface area contributed by atoms with E-state index in [2.05, 4.69) is 5.09 Å². The van der Waals surface area contributed by atoms with Crippen LogP contribution in [0.25, 0.3) is 0 Å². The Bertz CT molecular complexity index is 235.